The highest BCUT2D eigenvalue weighted by Gasteiger charge is 2.12. The second-order valence-corrected chi connectivity index (χ2v) is 2.23. The molecule has 0 rings (SSSR count). The number of Topliss-reactive ketones (excluding diaryl/α,β-unsaturated/α-hetero) is 1. The van der Waals surface area contributed by atoms with Crippen LogP contribution in [-0.2, 0) is 4.79 Å². The molecule has 0 bridgehead atoms. The molecular formula is C7H12O4. The number of carbonyl (C=O) groups is 1. The average molecular weight is 160 g/mol. The van der Waals surface area contributed by atoms with Gasteiger partial charge < -0.3 is 15.3 Å². The van der Waals surface area contributed by atoms with E-state index in [2.05, 4.69) is 6.58 Å². The largest absolute Gasteiger partial charge is 0.513 e. The lowest BCUT2D eigenvalue weighted by molar-refractivity contribution is -0.129. The molecule has 0 amide bonds. The predicted molar refractivity (Wildman–Crippen MR) is 39.1 cm³/mol. The summed E-state index contributed by atoms with van der Waals surface area (Å²) in [7, 11) is 0. The molecular weight excluding hydrogens is 148 g/mol. The van der Waals surface area contributed by atoms with E-state index in [1.807, 2.05) is 0 Å². The number of carbonyl (C=O) groups excluding carboxylic acids is 1. The summed E-state index contributed by atoms with van der Waals surface area (Å²) in [6.07, 6.45) is -1.18. The van der Waals surface area contributed by atoms with E-state index in [-0.39, 0.29) is 18.6 Å². The maximum Gasteiger partial charge on any atom is 0.164 e. The first-order valence-corrected chi connectivity index (χ1v) is 3.26. The Hall–Kier alpha value is -0.870. The Bertz CT molecular complexity index is 153. The van der Waals surface area contributed by atoms with Crippen LogP contribution in [0.2, 0.25) is 0 Å². The molecule has 0 fully saturated rings. The number of aliphatic hydroxyl groups excluding tert-OH is 3. The van der Waals surface area contributed by atoms with Crippen LogP contribution in [0.3, 0.4) is 0 Å². The topological polar surface area (TPSA) is 77.8 Å². The van der Waals surface area contributed by atoms with Gasteiger partial charge in [0.05, 0.1) is 12.4 Å². The maximum absolute atomic E-state index is 10.7. The lowest BCUT2D eigenvalue weighted by atomic mass is 10.1. The zero-order valence-corrected chi connectivity index (χ0v) is 6.16. The van der Waals surface area contributed by atoms with E-state index < -0.39 is 18.5 Å². The van der Waals surface area contributed by atoms with Crippen LogP contribution in [0.15, 0.2) is 12.3 Å². The summed E-state index contributed by atoms with van der Waals surface area (Å²) in [5.74, 6) is -0.578. The molecule has 0 spiro atoms. The summed E-state index contributed by atoms with van der Waals surface area (Å²) < 4.78 is 0. The molecule has 1 atom stereocenters. The highest BCUT2D eigenvalue weighted by atomic mass is 16.3. The molecule has 0 aromatic heterocycles. The van der Waals surface area contributed by atoms with Gasteiger partial charge in [-0.05, 0) is 0 Å². The lowest BCUT2D eigenvalue weighted by Gasteiger charge is -2.04. The molecule has 0 aromatic carbocycles. The van der Waals surface area contributed by atoms with Crippen molar-refractivity contribution in [1.82, 2.24) is 0 Å². The molecule has 0 heterocycles. The summed E-state index contributed by atoms with van der Waals surface area (Å²) in [4.78, 5) is 10.7. The molecule has 3 N–H and O–H groups in total. The maximum atomic E-state index is 10.7. The van der Waals surface area contributed by atoms with Crippen LogP contribution in [0, 0.1) is 0 Å². The van der Waals surface area contributed by atoms with Gasteiger partial charge in [-0.25, -0.2) is 0 Å². The van der Waals surface area contributed by atoms with E-state index in [9.17, 15) is 4.79 Å². The van der Waals surface area contributed by atoms with Crippen LogP contribution >= 0.6 is 0 Å². The van der Waals surface area contributed by atoms with Gasteiger partial charge in [0.15, 0.2) is 5.78 Å². The minimum atomic E-state index is -1.32. The van der Waals surface area contributed by atoms with Crippen molar-refractivity contribution in [3.8, 4) is 0 Å². The fraction of sp³-hybridized carbons (Fsp3) is 0.571. The highest BCUT2D eigenvalue weighted by molar-refractivity contribution is 5.83. The number of hydrogen-bond donors (Lipinski definition) is 3. The first kappa shape index (κ1) is 10.1. The van der Waals surface area contributed by atoms with E-state index in [4.69, 9.17) is 15.3 Å². The van der Waals surface area contributed by atoms with Crippen LogP contribution in [0.5, 0.6) is 0 Å². The second kappa shape index (κ2) is 4.87. The minimum Gasteiger partial charge on any atom is -0.513 e. The van der Waals surface area contributed by atoms with Crippen molar-refractivity contribution in [3.63, 3.8) is 0 Å². The Kier molecular flexibility index (Phi) is 4.49. The SMILES string of the molecule is C=C(O)CCC(=O)C(O)CO. The number of allylic oxidation sites excluding steroid dienone is 1. The Morgan fingerprint density at radius 1 is 1.45 bits per heavy atom. The monoisotopic (exact) mass is 160 g/mol. The summed E-state index contributed by atoms with van der Waals surface area (Å²) in [5.41, 5.74) is 0. The van der Waals surface area contributed by atoms with Crippen molar-refractivity contribution >= 4 is 5.78 Å². The van der Waals surface area contributed by atoms with Crippen molar-refractivity contribution in [3.05, 3.63) is 12.3 Å². The van der Waals surface area contributed by atoms with Gasteiger partial charge in [-0.1, -0.05) is 6.58 Å². The summed E-state index contributed by atoms with van der Waals surface area (Å²) in [5, 5.41) is 25.6. The fourth-order valence-electron chi connectivity index (χ4n) is 0.536. The van der Waals surface area contributed by atoms with Gasteiger partial charge in [-0.3, -0.25) is 4.79 Å². The normalized spacial score (nSPS) is 12.5. The third-order valence-electron chi connectivity index (χ3n) is 1.20. The second-order valence-electron chi connectivity index (χ2n) is 2.23. The smallest absolute Gasteiger partial charge is 0.164 e. The van der Waals surface area contributed by atoms with Gasteiger partial charge in [0.25, 0.3) is 0 Å². The third-order valence-corrected chi connectivity index (χ3v) is 1.20. The van der Waals surface area contributed by atoms with E-state index in [1.54, 1.807) is 0 Å². The lowest BCUT2D eigenvalue weighted by Crippen LogP contribution is -2.23. The van der Waals surface area contributed by atoms with E-state index in [0.717, 1.165) is 0 Å². The molecule has 0 saturated heterocycles. The Morgan fingerprint density at radius 2 is 2.00 bits per heavy atom. The first-order chi connectivity index (χ1) is 5.07. The molecule has 0 radical (unpaired) electrons. The quantitative estimate of drug-likeness (QED) is 0.485. The van der Waals surface area contributed by atoms with Crippen LogP contribution in [0.1, 0.15) is 12.8 Å². The molecule has 4 heteroatoms. The summed E-state index contributed by atoms with van der Waals surface area (Å²) in [6, 6.07) is 0. The van der Waals surface area contributed by atoms with Gasteiger partial charge in [0.2, 0.25) is 0 Å². The molecule has 64 valence electrons. The summed E-state index contributed by atoms with van der Waals surface area (Å²) in [6.45, 7) is 2.60. The number of aliphatic hydroxyl groups is 3. The van der Waals surface area contributed by atoms with Crippen molar-refractivity contribution in [2.24, 2.45) is 0 Å². The third kappa shape index (κ3) is 4.52. The van der Waals surface area contributed by atoms with Crippen LogP contribution in [0.4, 0.5) is 0 Å². The first-order valence-electron chi connectivity index (χ1n) is 3.26. The molecule has 0 aliphatic heterocycles. The number of ketones is 1. The van der Waals surface area contributed by atoms with Crippen LogP contribution < -0.4 is 0 Å². The number of hydrogen-bond acceptors (Lipinski definition) is 4. The molecule has 11 heavy (non-hydrogen) atoms. The van der Waals surface area contributed by atoms with Gasteiger partial charge in [-0.2, -0.15) is 0 Å². The molecule has 4 nitrogen and oxygen atoms in total. The minimum absolute atomic E-state index is 0.0110. The average Bonchev–Trinajstić information content (AvgIpc) is 1.98. The van der Waals surface area contributed by atoms with Crippen molar-refractivity contribution in [2.75, 3.05) is 6.61 Å². The van der Waals surface area contributed by atoms with Crippen molar-refractivity contribution < 1.29 is 20.1 Å². The number of rotatable bonds is 5. The molecule has 0 saturated carbocycles. The zero-order valence-electron chi connectivity index (χ0n) is 6.16. The van der Waals surface area contributed by atoms with E-state index >= 15 is 0 Å². The Labute approximate surface area is 64.8 Å². The Balaban J connectivity index is 3.60. The predicted octanol–water partition coefficient (Wildman–Crippen LogP) is -0.239. The van der Waals surface area contributed by atoms with Crippen molar-refractivity contribution in [1.29, 1.82) is 0 Å². The Morgan fingerprint density at radius 3 is 2.36 bits per heavy atom. The van der Waals surface area contributed by atoms with E-state index in [1.165, 1.54) is 0 Å². The standard InChI is InChI=1S/C7H12O4/c1-5(9)2-3-6(10)7(11)4-8/h7-9,11H,1-4H2. The highest BCUT2D eigenvalue weighted by Crippen LogP contribution is 2.00. The summed E-state index contributed by atoms with van der Waals surface area (Å²) >= 11 is 0. The van der Waals surface area contributed by atoms with Crippen LogP contribution in [0.25, 0.3) is 0 Å². The molecule has 0 aliphatic rings. The molecule has 0 aromatic rings. The van der Waals surface area contributed by atoms with Gasteiger partial charge >= 0.3 is 0 Å². The zero-order chi connectivity index (χ0) is 8.85. The fourth-order valence-corrected chi connectivity index (χ4v) is 0.536. The van der Waals surface area contributed by atoms with E-state index in [0.29, 0.717) is 0 Å². The molecule has 1 unspecified atom stereocenters. The van der Waals surface area contributed by atoms with Gasteiger partial charge in [0.1, 0.15) is 6.10 Å². The van der Waals surface area contributed by atoms with Gasteiger partial charge in [-0.15, -0.1) is 0 Å². The van der Waals surface area contributed by atoms with Crippen molar-refractivity contribution in [2.45, 2.75) is 18.9 Å². The molecule has 0 aliphatic carbocycles. The van der Waals surface area contributed by atoms with Crippen LogP contribution in [-0.4, -0.2) is 33.8 Å². The van der Waals surface area contributed by atoms with Gasteiger partial charge in [0, 0.05) is 12.8 Å².